The highest BCUT2D eigenvalue weighted by atomic mass is 16.6. The Labute approximate surface area is 156 Å². The van der Waals surface area contributed by atoms with Crippen molar-refractivity contribution in [1.82, 2.24) is 4.57 Å². The van der Waals surface area contributed by atoms with Crippen LogP contribution in [0.25, 0.3) is 10.9 Å². The van der Waals surface area contributed by atoms with Crippen molar-refractivity contribution in [2.24, 2.45) is 7.05 Å². The molecule has 140 valence electrons. The number of nitro benzene ring substituents is 1. The van der Waals surface area contributed by atoms with Crippen LogP contribution in [0.1, 0.15) is 16.7 Å². The fourth-order valence-electron chi connectivity index (χ4n) is 3.21. The van der Waals surface area contributed by atoms with Gasteiger partial charge in [-0.2, -0.15) is 0 Å². The normalized spacial score (nSPS) is 10.8. The fraction of sp³-hybridized carbons (Fsp3) is 0.250. The second-order valence-electron chi connectivity index (χ2n) is 6.30. The van der Waals surface area contributed by atoms with Gasteiger partial charge in [-0.3, -0.25) is 14.9 Å². The number of hydrogen-bond acceptors (Lipinski definition) is 5. The van der Waals surface area contributed by atoms with E-state index in [1.54, 1.807) is 19.2 Å². The molecule has 2 aromatic carbocycles. The number of methoxy groups -OCH3 is 2. The van der Waals surface area contributed by atoms with E-state index in [1.165, 1.54) is 13.2 Å². The summed E-state index contributed by atoms with van der Waals surface area (Å²) in [4.78, 5) is 22.2. The molecule has 0 bridgehead atoms. The molecule has 0 radical (unpaired) electrons. The van der Waals surface area contributed by atoms with Crippen LogP contribution in [-0.2, 0) is 29.4 Å². The first kappa shape index (κ1) is 18.4. The Morgan fingerprint density at radius 1 is 1.15 bits per heavy atom. The molecule has 0 aliphatic carbocycles. The van der Waals surface area contributed by atoms with E-state index in [2.05, 4.69) is 0 Å². The number of carbonyl (C=O) groups is 1. The lowest BCUT2D eigenvalue weighted by molar-refractivity contribution is -0.384. The number of rotatable bonds is 6. The second kappa shape index (κ2) is 7.49. The summed E-state index contributed by atoms with van der Waals surface area (Å²) in [6, 6.07) is 10.5. The molecule has 0 aliphatic heterocycles. The summed E-state index contributed by atoms with van der Waals surface area (Å²) >= 11 is 0. The Balaban J connectivity index is 1.98. The largest absolute Gasteiger partial charge is 0.496 e. The zero-order valence-electron chi connectivity index (χ0n) is 15.4. The summed E-state index contributed by atoms with van der Waals surface area (Å²) in [5.41, 5.74) is 3.70. The van der Waals surface area contributed by atoms with Crippen LogP contribution >= 0.6 is 0 Å². The summed E-state index contributed by atoms with van der Waals surface area (Å²) in [5, 5.41) is 12.0. The van der Waals surface area contributed by atoms with Crippen molar-refractivity contribution >= 4 is 22.6 Å². The smallest absolute Gasteiger partial charge is 0.309 e. The second-order valence-corrected chi connectivity index (χ2v) is 6.30. The van der Waals surface area contributed by atoms with Gasteiger partial charge in [0, 0.05) is 42.7 Å². The topological polar surface area (TPSA) is 83.6 Å². The summed E-state index contributed by atoms with van der Waals surface area (Å²) in [6.07, 6.45) is 2.70. The van der Waals surface area contributed by atoms with Gasteiger partial charge in [0.2, 0.25) is 0 Å². The Kier molecular flexibility index (Phi) is 5.12. The van der Waals surface area contributed by atoms with E-state index in [0.717, 1.165) is 27.6 Å². The molecular formula is C20H20N2O5. The molecule has 0 unspecified atom stereocenters. The molecule has 0 saturated carbocycles. The molecule has 0 N–H and O–H groups in total. The third kappa shape index (κ3) is 3.76. The molecule has 0 fully saturated rings. The van der Waals surface area contributed by atoms with Gasteiger partial charge in [0.1, 0.15) is 5.75 Å². The van der Waals surface area contributed by atoms with Gasteiger partial charge >= 0.3 is 5.97 Å². The Bertz CT molecular complexity index is 1020. The molecule has 0 saturated heterocycles. The van der Waals surface area contributed by atoms with E-state index in [9.17, 15) is 14.9 Å². The van der Waals surface area contributed by atoms with Gasteiger partial charge < -0.3 is 14.0 Å². The number of nitrogens with zero attached hydrogens (tertiary/aromatic N) is 2. The van der Waals surface area contributed by atoms with Crippen molar-refractivity contribution in [2.45, 2.75) is 12.8 Å². The lowest BCUT2D eigenvalue weighted by Crippen LogP contribution is -2.05. The zero-order valence-corrected chi connectivity index (χ0v) is 15.4. The highest BCUT2D eigenvalue weighted by Gasteiger charge is 2.15. The number of non-ortho nitro benzene ring substituents is 1. The Morgan fingerprint density at radius 2 is 1.93 bits per heavy atom. The van der Waals surface area contributed by atoms with E-state index in [4.69, 9.17) is 9.47 Å². The third-order valence-corrected chi connectivity index (χ3v) is 4.57. The van der Waals surface area contributed by atoms with E-state index in [1.807, 2.05) is 36.0 Å². The SMILES string of the molecule is COC(=O)Cc1ccc(Cc2cn(C)c3ccc([N+](=O)[O-])cc23)c(OC)c1. The van der Waals surface area contributed by atoms with Crippen LogP contribution in [-0.4, -0.2) is 29.7 Å². The predicted octanol–water partition coefficient (Wildman–Crippen LogP) is 3.40. The third-order valence-electron chi connectivity index (χ3n) is 4.57. The van der Waals surface area contributed by atoms with Gasteiger partial charge in [0.05, 0.1) is 25.6 Å². The van der Waals surface area contributed by atoms with Crippen LogP contribution in [0.3, 0.4) is 0 Å². The number of nitro groups is 1. The van der Waals surface area contributed by atoms with Gasteiger partial charge in [-0.15, -0.1) is 0 Å². The van der Waals surface area contributed by atoms with Crippen LogP contribution in [0.5, 0.6) is 5.75 Å². The van der Waals surface area contributed by atoms with Crippen LogP contribution in [0.4, 0.5) is 5.69 Å². The number of carbonyl (C=O) groups excluding carboxylic acids is 1. The highest BCUT2D eigenvalue weighted by Crippen LogP contribution is 2.30. The summed E-state index contributed by atoms with van der Waals surface area (Å²) in [6.45, 7) is 0. The fourth-order valence-corrected chi connectivity index (χ4v) is 3.21. The van der Waals surface area contributed by atoms with Crippen molar-refractivity contribution in [3.05, 3.63) is 69.4 Å². The average Bonchev–Trinajstić information content (AvgIpc) is 2.97. The maximum absolute atomic E-state index is 11.5. The Hall–Kier alpha value is -3.35. The van der Waals surface area contributed by atoms with Crippen LogP contribution in [0.2, 0.25) is 0 Å². The summed E-state index contributed by atoms with van der Waals surface area (Å²) in [5.74, 6) is 0.352. The first-order valence-electron chi connectivity index (χ1n) is 8.38. The van der Waals surface area contributed by atoms with Gasteiger partial charge in [-0.1, -0.05) is 12.1 Å². The van der Waals surface area contributed by atoms with E-state index < -0.39 is 4.92 Å². The minimum absolute atomic E-state index is 0.0651. The first-order chi connectivity index (χ1) is 12.9. The van der Waals surface area contributed by atoms with E-state index >= 15 is 0 Å². The number of aryl methyl sites for hydroxylation is 1. The number of benzene rings is 2. The van der Waals surface area contributed by atoms with E-state index in [-0.39, 0.29) is 18.1 Å². The number of ether oxygens (including phenoxy) is 2. The molecule has 1 heterocycles. The zero-order chi connectivity index (χ0) is 19.6. The standard InChI is InChI=1S/C20H20N2O5/c1-21-12-15(17-11-16(22(24)25)6-7-18(17)21)10-14-5-4-13(8-19(14)26-2)9-20(23)27-3/h4-8,11-12H,9-10H2,1-3H3. The van der Waals surface area contributed by atoms with Crippen molar-refractivity contribution in [3.63, 3.8) is 0 Å². The molecule has 0 aliphatic rings. The van der Waals surface area contributed by atoms with Crippen molar-refractivity contribution < 1.29 is 19.2 Å². The molecule has 1 aromatic heterocycles. The molecule has 0 spiro atoms. The molecule has 27 heavy (non-hydrogen) atoms. The van der Waals surface area contributed by atoms with Crippen LogP contribution < -0.4 is 4.74 Å². The number of fused-ring (bicyclic) bond motifs is 1. The summed E-state index contributed by atoms with van der Waals surface area (Å²) < 4.78 is 12.1. The molecule has 7 heteroatoms. The van der Waals surface area contributed by atoms with Crippen LogP contribution in [0, 0.1) is 10.1 Å². The average molecular weight is 368 g/mol. The van der Waals surface area contributed by atoms with Crippen molar-refractivity contribution in [2.75, 3.05) is 14.2 Å². The quantitative estimate of drug-likeness (QED) is 0.378. The van der Waals surface area contributed by atoms with E-state index in [0.29, 0.717) is 12.2 Å². The predicted molar refractivity (Wildman–Crippen MR) is 101 cm³/mol. The lowest BCUT2D eigenvalue weighted by Gasteiger charge is -2.10. The molecular weight excluding hydrogens is 348 g/mol. The number of hydrogen-bond donors (Lipinski definition) is 0. The molecule has 7 nitrogen and oxygen atoms in total. The molecule has 3 aromatic rings. The number of esters is 1. The van der Waals surface area contributed by atoms with Crippen molar-refractivity contribution in [3.8, 4) is 5.75 Å². The highest BCUT2D eigenvalue weighted by molar-refractivity contribution is 5.86. The van der Waals surface area contributed by atoms with Crippen LogP contribution in [0.15, 0.2) is 42.6 Å². The van der Waals surface area contributed by atoms with Gasteiger partial charge in [0.25, 0.3) is 5.69 Å². The van der Waals surface area contributed by atoms with Gasteiger partial charge in [0.15, 0.2) is 0 Å². The molecule has 0 amide bonds. The maximum atomic E-state index is 11.5. The van der Waals surface area contributed by atoms with Crippen molar-refractivity contribution in [1.29, 1.82) is 0 Å². The molecule has 0 atom stereocenters. The van der Waals surface area contributed by atoms with Gasteiger partial charge in [-0.05, 0) is 28.8 Å². The summed E-state index contributed by atoms with van der Waals surface area (Å²) in [7, 11) is 4.84. The van der Waals surface area contributed by atoms with Gasteiger partial charge in [-0.25, -0.2) is 0 Å². The lowest BCUT2D eigenvalue weighted by atomic mass is 10.0. The number of aromatic nitrogens is 1. The first-order valence-corrected chi connectivity index (χ1v) is 8.38. The Morgan fingerprint density at radius 3 is 2.59 bits per heavy atom. The monoisotopic (exact) mass is 368 g/mol. The minimum Gasteiger partial charge on any atom is -0.496 e. The maximum Gasteiger partial charge on any atom is 0.309 e. The minimum atomic E-state index is -0.390. The molecule has 3 rings (SSSR count).